The van der Waals surface area contributed by atoms with Gasteiger partial charge in [-0.2, -0.15) is 0 Å². The smallest absolute Gasteiger partial charge is 0.248 e. The first-order valence-electron chi connectivity index (χ1n) is 9.66. The fraction of sp³-hybridized carbons (Fsp3) is 0.318. The zero-order chi connectivity index (χ0) is 19.3. The minimum Gasteiger partial charge on any atom is -0.494 e. The van der Waals surface area contributed by atoms with Gasteiger partial charge in [-0.15, -0.1) is 0 Å². The minimum absolute atomic E-state index is 0.0865. The summed E-state index contributed by atoms with van der Waals surface area (Å²) in [5.41, 5.74) is 1.95. The summed E-state index contributed by atoms with van der Waals surface area (Å²) in [5.74, 6) is 0.838. The van der Waals surface area contributed by atoms with Crippen LogP contribution in [0.5, 0.6) is 5.75 Å². The lowest BCUT2D eigenvalue weighted by Gasteiger charge is -2.36. The van der Waals surface area contributed by atoms with Crippen molar-refractivity contribution in [3.8, 4) is 5.75 Å². The lowest BCUT2D eigenvalue weighted by atomic mass is 10.2. The van der Waals surface area contributed by atoms with E-state index < -0.39 is 0 Å². The molecule has 0 amide bonds. The first kappa shape index (κ1) is 18.8. The van der Waals surface area contributed by atoms with Gasteiger partial charge in [0.1, 0.15) is 5.75 Å². The van der Waals surface area contributed by atoms with Gasteiger partial charge in [-0.3, -0.25) is 9.69 Å². The quantitative estimate of drug-likeness (QED) is 0.643. The average molecular weight is 398 g/mol. The number of hydrogen-bond acceptors (Lipinski definition) is 4. The molecule has 6 heteroatoms. The topological polar surface area (TPSA) is 48.6 Å². The Bertz CT molecular complexity index is 996. The normalized spacial score (nSPS) is 15.1. The van der Waals surface area contributed by atoms with Gasteiger partial charge in [0.05, 0.1) is 6.61 Å². The number of aromatic amines is 1. The van der Waals surface area contributed by atoms with Gasteiger partial charge < -0.3 is 14.6 Å². The standard InChI is InChI=1S/C22H24ClN3O2/c23-18-3-1-4-19(16-18)26-12-10-25(11-13-26)9-2-14-28-20-6-7-21-17(15-20)5-8-22(27)24-21/h1,3-8,15-16H,2,9-14H2,(H,24,27). The molecule has 2 heterocycles. The molecule has 0 saturated carbocycles. The highest BCUT2D eigenvalue weighted by molar-refractivity contribution is 6.30. The molecule has 1 aromatic heterocycles. The van der Waals surface area contributed by atoms with Gasteiger partial charge in [0.15, 0.2) is 0 Å². The Morgan fingerprint density at radius 2 is 1.86 bits per heavy atom. The molecule has 4 rings (SSSR count). The van der Waals surface area contributed by atoms with E-state index in [1.54, 1.807) is 0 Å². The van der Waals surface area contributed by atoms with E-state index >= 15 is 0 Å². The summed E-state index contributed by atoms with van der Waals surface area (Å²) in [6, 6.07) is 17.2. The van der Waals surface area contributed by atoms with E-state index in [0.717, 1.165) is 60.8 Å². The third kappa shape index (κ3) is 4.66. The lowest BCUT2D eigenvalue weighted by molar-refractivity contribution is 0.225. The van der Waals surface area contributed by atoms with Gasteiger partial charge in [0.2, 0.25) is 5.56 Å². The van der Waals surface area contributed by atoms with Crippen molar-refractivity contribution in [1.82, 2.24) is 9.88 Å². The Morgan fingerprint density at radius 1 is 1.00 bits per heavy atom. The molecular formula is C22H24ClN3O2. The summed E-state index contributed by atoms with van der Waals surface area (Å²) >= 11 is 6.10. The van der Waals surface area contributed by atoms with Gasteiger partial charge in [-0.1, -0.05) is 17.7 Å². The van der Waals surface area contributed by atoms with Gasteiger partial charge in [0.25, 0.3) is 0 Å². The van der Waals surface area contributed by atoms with Crippen molar-refractivity contribution in [2.75, 3.05) is 44.2 Å². The molecular weight excluding hydrogens is 374 g/mol. The number of ether oxygens (including phenoxy) is 1. The molecule has 0 atom stereocenters. The summed E-state index contributed by atoms with van der Waals surface area (Å²) < 4.78 is 5.90. The molecule has 0 unspecified atom stereocenters. The second kappa shape index (κ2) is 8.67. The molecule has 0 spiro atoms. The maximum atomic E-state index is 11.3. The Hall–Kier alpha value is -2.50. The van der Waals surface area contributed by atoms with Gasteiger partial charge in [-0.25, -0.2) is 0 Å². The number of pyridine rings is 1. The van der Waals surface area contributed by atoms with Crippen molar-refractivity contribution in [3.63, 3.8) is 0 Å². The van der Waals surface area contributed by atoms with Crippen LogP contribution in [0.3, 0.4) is 0 Å². The van der Waals surface area contributed by atoms with Crippen molar-refractivity contribution < 1.29 is 4.74 Å². The van der Waals surface area contributed by atoms with Crippen molar-refractivity contribution in [3.05, 3.63) is 70.0 Å². The van der Waals surface area contributed by atoms with Crippen LogP contribution < -0.4 is 15.2 Å². The number of rotatable bonds is 6. The van der Waals surface area contributed by atoms with Crippen molar-refractivity contribution in [2.45, 2.75) is 6.42 Å². The van der Waals surface area contributed by atoms with Crippen molar-refractivity contribution in [1.29, 1.82) is 0 Å². The first-order valence-corrected chi connectivity index (χ1v) is 10.0. The highest BCUT2D eigenvalue weighted by Gasteiger charge is 2.16. The van der Waals surface area contributed by atoms with Crippen LogP contribution in [0.15, 0.2) is 59.4 Å². The summed E-state index contributed by atoms with van der Waals surface area (Å²) in [4.78, 5) is 19.0. The van der Waals surface area contributed by atoms with Crippen LogP contribution in [0.1, 0.15) is 6.42 Å². The summed E-state index contributed by atoms with van der Waals surface area (Å²) in [6.45, 7) is 5.85. The number of aromatic nitrogens is 1. The Balaban J connectivity index is 1.21. The average Bonchev–Trinajstić information content (AvgIpc) is 2.72. The highest BCUT2D eigenvalue weighted by Crippen LogP contribution is 2.21. The Labute approximate surface area is 169 Å². The van der Waals surface area contributed by atoms with E-state index in [9.17, 15) is 4.79 Å². The largest absolute Gasteiger partial charge is 0.494 e. The molecule has 1 saturated heterocycles. The van der Waals surface area contributed by atoms with E-state index in [1.165, 1.54) is 11.8 Å². The van der Waals surface area contributed by atoms with Crippen LogP contribution in [0.25, 0.3) is 10.9 Å². The molecule has 2 aromatic carbocycles. The maximum Gasteiger partial charge on any atom is 0.248 e. The summed E-state index contributed by atoms with van der Waals surface area (Å²) in [7, 11) is 0. The number of benzene rings is 2. The van der Waals surface area contributed by atoms with Crippen LogP contribution in [-0.2, 0) is 0 Å². The summed E-state index contributed by atoms with van der Waals surface area (Å²) in [6.07, 6.45) is 0.987. The zero-order valence-electron chi connectivity index (χ0n) is 15.7. The highest BCUT2D eigenvalue weighted by atomic mass is 35.5. The zero-order valence-corrected chi connectivity index (χ0v) is 16.5. The van der Waals surface area contributed by atoms with Gasteiger partial charge in [-0.05, 0) is 48.9 Å². The maximum absolute atomic E-state index is 11.3. The van der Waals surface area contributed by atoms with Gasteiger partial charge in [0, 0.05) is 60.4 Å². The fourth-order valence-corrected chi connectivity index (χ4v) is 3.79. The van der Waals surface area contributed by atoms with Crippen LogP contribution in [0.4, 0.5) is 5.69 Å². The number of halogens is 1. The SMILES string of the molecule is O=c1ccc2cc(OCCCN3CCN(c4cccc(Cl)c4)CC3)ccc2[nH]1. The van der Waals surface area contributed by atoms with Crippen molar-refractivity contribution >= 4 is 28.2 Å². The number of H-pyrrole nitrogens is 1. The van der Waals surface area contributed by atoms with Crippen molar-refractivity contribution in [2.24, 2.45) is 0 Å². The van der Waals surface area contributed by atoms with Crippen LogP contribution in [0, 0.1) is 0 Å². The molecule has 146 valence electrons. The van der Waals surface area contributed by atoms with E-state index in [2.05, 4.69) is 20.9 Å². The third-order valence-corrected chi connectivity index (χ3v) is 5.36. The molecule has 1 N–H and O–H groups in total. The number of fused-ring (bicyclic) bond motifs is 1. The van der Waals surface area contributed by atoms with E-state index in [1.807, 2.05) is 42.5 Å². The Morgan fingerprint density at radius 3 is 2.68 bits per heavy atom. The molecule has 1 aliphatic rings. The van der Waals surface area contributed by atoms with Crippen LogP contribution >= 0.6 is 11.6 Å². The van der Waals surface area contributed by atoms with Crippen LogP contribution in [-0.4, -0.2) is 49.2 Å². The number of nitrogens with one attached hydrogen (secondary N) is 1. The van der Waals surface area contributed by atoms with Gasteiger partial charge >= 0.3 is 0 Å². The number of nitrogens with zero attached hydrogens (tertiary/aromatic N) is 2. The van der Waals surface area contributed by atoms with E-state index in [0.29, 0.717) is 6.61 Å². The number of hydrogen-bond donors (Lipinski definition) is 1. The Kier molecular flexibility index (Phi) is 5.84. The molecule has 1 aliphatic heterocycles. The minimum atomic E-state index is -0.0865. The van der Waals surface area contributed by atoms with Crippen LogP contribution in [0.2, 0.25) is 5.02 Å². The summed E-state index contributed by atoms with van der Waals surface area (Å²) in [5, 5.41) is 1.77. The molecule has 1 fully saturated rings. The first-order chi connectivity index (χ1) is 13.7. The number of piperazine rings is 1. The molecule has 0 radical (unpaired) electrons. The van der Waals surface area contributed by atoms with E-state index in [-0.39, 0.29) is 5.56 Å². The predicted octanol–water partition coefficient (Wildman–Crippen LogP) is 3.77. The lowest BCUT2D eigenvalue weighted by Crippen LogP contribution is -2.46. The molecule has 5 nitrogen and oxygen atoms in total. The predicted molar refractivity (Wildman–Crippen MR) is 115 cm³/mol. The second-order valence-electron chi connectivity index (χ2n) is 7.08. The second-order valence-corrected chi connectivity index (χ2v) is 7.52. The van der Waals surface area contributed by atoms with E-state index in [4.69, 9.17) is 16.3 Å². The molecule has 28 heavy (non-hydrogen) atoms. The molecule has 0 bridgehead atoms. The molecule has 3 aromatic rings. The third-order valence-electron chi connectivity index (χ3n) is 5.13. The fourth-order valence-electron chi connectivity index (χ4n) is 3.60. The molecule has 0 aliphatic carbocycles. The number of anilines is 1. The monoisotopic (exact) mass is 397 g/mol.